The second-order valence-corrected chi connectivity index (χ2v) is 7.43. The summed E-state index contributed by atoms with van der Waals surface area (Å²) in [5, 5.41) is 2.86. The highest BCUT2D eigenvalue weighted by Crippen LogP contribution is 2.31. The Bertz CT molecular complexity index is 987. The summed E-state index contributed by atoms with van der Waals surface area (Å²) in [6.45, 7) is 7.14. The highest BCUT2D eigenvalue weighted by Gasteiger charge is 2.32. The lowest BCUT2D eigenvalue weighted by Gasteiger charge is -2.21. The lowest BCUT2D eigenvalue weighted by atomic mass is 10.1. The molecule has 0 bridgehead atoms. The average Bonchev–Trinajstić information content (AvgIpc) is 3.33. The molecule has 6 heteroatoms. The van der Waals surface area contributed by atoms with Gasteiger partial charge in [0.1, 0.15) is 6.54 Å². The van der Waals surface area contributed by atoms with Gasteiger partial charge in [-0.05, 0) is 37.5 Å². The molecule has 1 N–H and O–H groups in total. The number of amides is 3. The van der Waals surface area contributed by atoms with Crippen LogP contribution < -0.4 is 5.32 Å². The number of carbonyl (C=O) groups excluding carboxylic acids is 3. The second-order valence-electron chi connectivity index (χ2n) is 7.43. The summed E-state index contributed by atoms with van der Waals surface area (Å²) >= 11 is 0. The van der Waals surface area contributed by atoms with Gasteiger partial charge in [-0.25, -0.2) is 0 Å². The fourth-order valence-corrected chi connectivity index (χ4v) is 3.93. The molecule has 0 saturated carbocycles. The Morgan fingerprint density at radius 3 is 2.41 bits per heavy atom. The Morgan fingerprint density at radius 1 is 1.03 bits per heavy atom. The highest BCUT2D eigenvalue weighted by atomic mass is 16.2. The van der Waals surface area contributed by atoms with Crippen LogP contribution >= 0.6 is 0 Å². The van der Waals surface area contributed by atoms with Gasteiger partial charge in [0.15, 0.2) is 0 Å². The molecule has 2 aromatic rings. The zero-order chi connectivity index (χ0) is 20.5. The number of likely N-dealkylation sites (tertiary alicyclic amines) is 1. The van der Waals surface area contributed by atoms with Crippen molar-refractivity contribution < 1.29 is 14.4 Å². The molecule has 148 valence electrons. The fourth-order valence-electron chi connectivity index (χ4n) is 3.93. The molecule has 1 saturated heterocycles. The molecule has 2 aliphatic rings. The predicted octanol–water partition coefficient (Wildman–Crippen LogP) is 3.30. The molecule has 0 aliphatic carbocycles. The van der Waals surface area contributed by atoms with Gasteiger partial charge in [-0.2, -0.15) is 0 Å². The maximum absolute atomic E-state index is 12.9. The van der Waals surface area contributed by atoms with E-state index in [-0.39, 0.29) is 24.3 Å². The molecule has 0 aromatic heterocycles. The van der Waals surface area contributed by atoms with Crippen LogP contribution in [0.15, 0.2) is 49.0 Å². The minimum atomic E-state index is -0.364. The van der Waals surface area contributed by atoms with E-state index in [2.05, 4.69) is 11.9 Å². The molecule has 0 unspecified atom stereocenters. The summed E-state index contributed by atoms with van der Waals surface area (Å²) in [7, 11) is 0. The third kappa shape index (κ3) is 3.42. The lowest BCUT2D eigenvalue weighted by Crippen LogP contribution is -2.34. The molecule has 2 heterocycles. The first-order chi connectivity index (χ1) is 14.0. The zero-order valence-electron chi connectivity index (χ0n) is 16.4. The predicted molar refractivity (Wildman–Crippen MR) is 111 cm³/mol. The summed E-state index contributed by atoms with van der Waals surface area (Å²) in [6, 6.07) is 12.6. The zero-order valence-corrected chi connectivity index (χ0v) is 16.4. The van der Waals surface area contributed by atoms with E-state index in [1.54, 1.807) is 18.2 Å². The van der Waals surface area contributed by atoms with Crippen LogP contribution in [0.2, 0.25) is 0 Å². The smallest absolute Gasteiger partial charge is 0.259 e. The molecular weight excluding hydrogens is 366 g/mol. The van der Waals surface area contributed by atoms with Gasteiger partial charge < -0.3 is 10.2 Å². The van der Waals surface area contributed by atoms with E-state index in [0.717, 1.165) is 37.1 Å². The van der Waals surface area contributed by atoms with Crippen molar-refractivity contribution >= 4 is 29.1 Å². The first kappa shape index (κ1) is 18.9. The van der Waals surface area contributed by atoms with E-state index in [1.165, 1.54) is 4.90 Å². The molecule has 0 radical (unpaired) electrons. The maximum Gasteiger partial charge on any atom is 0.259 e. The van der Waals surface area contributed by atoms with Crippen molar-refractivity contribution in [1.82, 2.24) is 9.80 Å². The van der Waals surface area contributed by atoms with Crippen LogP contribution in [-0.2, 0) is 4.79 Å². The quantitative estimate of drug-likeness (QED) is 0.872. The SMILES string of the molecule is C=C1c2ccccc2C(=O)N1CC(=O)Nc1c(C)cccc1C(=O)N1CCCC1. The highest BCUT2D eigenvalue weighted by molar-refractivity contribution is 6.12. The number of anilines is 1. The van der Waals surface area contributed by atoms with E-state index >= 15 is 0 Å². The topological polar surface area (TPSA) is 69.7 Å². The standard InChI is InChI=1S/C23H23N3O3/c1-15-8-7-11-19(22(28)25-12-5-6-13-25)21(15)24-20(27)14-26-16(2)17-9-3-4-10-18(17)23(26)29/h3-4,7-11H,2,5-6,12-14H2,1H3,(H,24,27). The fraction of sp³-hybridized carbons (Fsp3) is 0.261. The summed E-state index contributed by atoms with van der Waals surface area (Å²) in [4.78, 5) is 41.5. The van der Waals surface area contributed by atoms with Crippen LogP contribution in [0.1, 0.15) is 44.7 Å². The normalized spacial score (nSPS) is 15.6. The molecule has 1 fully saturated rings. The summed E-state index contributed by atoms with van der Waals surface area (Å²) in [6.07, 6.45) is 2.00. The maximum atomic E-state index is 12.9. The summed E-state index contributed by atoms with van der Waals surface area (Å²) in [5.41, 5.74) is 3.59. The molecule has 2 aliphatic heterocycles. The number of nitrogens with zero attached hydrogens (tertiary/aromatic N) is 2. The number of hydrogen-bond donors (Lipinski definition) is 1. The number of carbonyl (C=O) groups is 3. The van der Waals surface area contributed by atoms with Crippen LogP contribution in [0.4, 0.5) is 5.69 Å². The van der Waals surface area contributed by atoms with Gasteiger partial charge in [0.05, 0.1) is 11.3 Å². The first-order valence-electron chi connectivity index (χ1n) is 9.76. The van der Waals surface area contributed by atoms with Crippen LogP contribution in [0.25, 0.3) is 5.70 Å². The Morgan fingerprint density at radius 2 is 1.72 bits per heavy atom. The van der Waals surface area contributed by atoms with Crippen molar-refractivity contribution in [2.45, 2.75) is 19.8 Å². The lowest BCUT2D eigenvalue weighted by molar-refractivity contribution is -0.116. The number of nitrogens with one attached hydrogen (secondary N) is 1. The molecule has 29 heavy (non-hydrogen) atoms. The number of hydrogen-bond acceptors (Lipinski definition) is 3. The van der Waals surface area contributed by atoms with Crippen LogP contribution in [0.5, 0.6) is 0 Å². The molecule has 2 aromatic carbocycles. The van der Waals surface area contributed by atoms with E-state index in [1.807, 2.05) is 36.1 Å². The van der Waals surface area contributed by atoms with Crippen molar-refractivity contribution in [2.24, 2.45) is 0 Å². The van der Waals surface area contributed by atoms with E-state index in [9.17, 15) is 14.4 Å². The van der Waals surface area contributed by atoms with E-state index in [4.69, 9.17) is 0 Å². The van der Waals surface area contributed by atoms with Gasteiger partial charge in [0, 0.05) is 29.9 Å². The van der Waals surface area contributed by atoms with Gasteiger partial charge >= 0.3 is 0 Å². The third-order valence-corrected chi connectivity index (χ3v) is 5.50. The number of rotatable bonds is 4. The van der Waals surface area contributed by atoms with E-state index in [0.29, 0.717) is 22.5 Å². The van der Waals surface area contributed by atoms with Crippen molar-refractivity contribution in [3.8, 4) is 0 Å². The Hall–Kier alpha value is -3.41. The minimum absolute atomic E-state index is 0.0736. The van der Waals surface area contributed by atoms with Crippen molar-refractivity contribution in [3.63, 3.8) is 0 Å². The summed E-state index contributed by atoms with van der Waals surface area (Å²) in [5.74, 6) is -0.674. The Kier molecular flexibility index (Phi) is 4.92. The van der Waals surface area contributed by atoms with Gasteiger partial charge in [0.2, 0.25) is 5.91 Å². The monoisotopic (exact) mass is 389 g/mol. The first-order valence-corrected chi connectivity index (χ1v) is 9.76. The van der Waals surface area contributed by atoms with Crippen LogP contribution in [0, 0.1) is 6.92 Å². The van der Waals surface area contributed by atoms with Gasteiger partial charge in [-0.15, -0.1) is 0 Å². The Labute approximate surface area is 169 Å². The summed E-state index contributed by atoms with van der Waals surface area (Å²) < 4.78 is 0. The largest absolute Gasteiger partial charge is 0.339 e. The molecule has 0 spiro atoms. The minimum Gasteiger partial charge on any atom is -0.339 e. The molecule has 0 atom stereocenters. The van der Waals surface area contributed by atoms with Gasteiger partial charge in [-0.3, -0.25) is 19.3 Å². The number of aryl methyl sites for hydroxylation is 1. The second kappa shape index (κ2) is 7.54. The molecular formula is C23H23N3O3. The Balaban J connectivity index is 1.53. The van der Waals surface area contributed by atoms with Gasteiger partial charge in [-0.1, -0.05) is 36.9 Å². The van der Waals surface area contributed by atoms with E-state index < -0.39 is 0 Å². The van der Waals surface area contributed by atoms with Gasteiger partial charge in [0.25, 0.3) is 11.8 Å². The third-order valence-electron chi connectivity index (χ3n) is 5.50. The molecule has 6 nitrogen and oxygen atoms in total. The molecule has 3 amide bonds. The number of para-hydroxylation sites is 1. The van der Waals surface area contributed by atoms with Crippen LogP contribution in [0.3, 0.4) is 0 Å². The van der Waals surface area contributed by atoms with Crippen molar-refractivity contribution in [3.05, 3.63) is 71.3 Å². The van der Waals surface area contributed by atoms with Crippen molar-refractivity contribution in [1.29, 1.82) is 0 Å². The van der Waals surface area contributed by atoms with Crippen molar-refractivity contribution in [2.75, 3.05) is 25.0 Å². The van der Waals surface area contributed by atoms with Crippen LogP contribution in [-0.4, -0.2) is 47.2 Å². The number of benzene rings is 2. The number of fused-ring (bicyclic) bond motifs is 1. The average molecular weight is 389 g/mol. The molecule has 4 rings (SSSR count).